The van der Waals surface area contributed by atoms with Crippen molar-refractivity contribution in [3.05, 3.63) is 34.4 Å². The zero-order chi connectivity index (χ0) is 17.0. The number of carbonyl (C=O) groups is 2. The average molecular weight is 337 g/mol. The van der Waals surface area contributed by atoms with Crippen LogP contribution in [0.2, 0.25) is 5.02 Å². The third-order valence-electron chi connectivity index (χ3n) is 3.82. The van der Waals surface area contributed by atoms with Crippen LogP contribution in [0.5, 0.6) is 5.75 Å². The fourth-order valence-corrected chi connectivity index (χ4v) is 2.80. The Bertz CT molecular complexity index is 653. The molecule has 0 bridgehead atoms. The maximum atomic E-state index is 12.6. The number of rotatable bonds is 4. The van der Waals surface area contributed by atoms with Crippen LogP contribution >= 0.6 is 11.6 Å². The van der Waals surface area contributed by atoms with Crippen LogP contribution < -0.4 is 10.1 Å². The van der Waals surface area contributed by atoms with E-state index in [0.717, 1.165) is 12.8 Å². The van der Waals surface area contributed by atoms with Gasteiger partial charge in [-0.1, -0.05) is 11.6 Å². The number of halogens is 1. The number of anilines is 1. The first-order valence-electron chi connectivity index (χ1n) is 7.52. The number of amides is 2. The summed E-state index contributed by atoms with van der Waals surface area (Å²) in [7, 11) is 4.91. The molecule has 124 valence electrons. The minimum absolute atomic E-state index is 0.0939. The number of hydrogen-bond acceptors (Lipinski definition) is 3. The third-order valence-corrected chi connectivity index (χ3v) is 4.13. The molecule has 0 heterocycles. The molecule has 2 amide bonds. The largest absolute Gasteiger partial charge is 0.495 e. The smallest absolute Gasteiger partial charge is 0.252 e. The first-order chi connectivity index (χ1) is 10.9. The standard InChI is InChI=1S/C17H21ClN2O3/c1-20(2)17(22)13-7-5-4-6-12(13)16(21)19-11-8-9-14(18)15(10-11)23-3/h8-10H,4-7H2,1-3H3,(H,19,21). The minimum atomic E-state index is -0.237. The molecule has 0 spiro atoms. The van der Waals surface area contributed by atoms with Gasteiger partial charge in [0.05, 0.1) is 12.1 Å². The van der Waals surface area contributed by atoms with Crippen molar-refractivity contribution in [2.45, 2.75) is 25.7 Å². The van der Waals surface area contributed by atoms with Crippen molar-refractivity contribution < 1.29 is 14.3 Å². The van der Waals surface area contributed by atoms with Crippen LogP contribution in [0.3, 0.4) is 0 Å². The molecule has 0 aliphatic heterocycles. The molecule has 0 radical (unpaired) electrons. The van der Waals surface area contributed by atoms with Crippen molar-refractivity contribution in [2.75, 3.05) is 26.5 Å². The SMILES string of the molecule is COc1cc(NC(=O)C2=C(C(=O)N(C)C)CCCC2)ccc1Cl. The van der Waals surface area contributed by atoms with Gasteiger partial charge in [-0.25, -0.2) is 0 Å². The van der Waals surface area contributed by atoms with Crippen LogP contribution in [0.1, 0.15) is 25.7 Å². The third kappa shape index (κ3) is 4.05. The van der Waals surface area contributed by atoms with Gasteiger partial charge < -0.3 is 15.0 Å². The lowest BCUT2D eigenvalue weighted by molar-refractivity contribution is -0.125. The second-order valence-corrected chi connectivity index (χ2v) is 6.07. The van der Waals surface area contributed by atoms with Crippen LogP contribution in [0.15, 0.2) is 29.3 Å². The van der Waals surface area contributed by atoms with Crippen LogP contribution in [0.25, 0.3) is 0 Å². The molecule has 23 heavy (non-hydrogen) atoms. The summed E-state index contributed by atoms with van der Waals surface area (Å²) in [4.78, 5) is 26.4. The van der Waals surface area contributed by atoms with E-state index in [9.17, 15) is 9.59 Å². The summed E-state index contributed by atoms with van der Waals surface area (Å²) in [5.41, 5.74) is 1.77. The van der Waals surface area contributed by atoms with Crippen molar-refractivity contribution in [1.82, 2.24) is 4.90 Å². The van der Waals surface area contributed by atoms with Crippen molar-refractivity contribution >= 4 is 29.1 Å². The zero-order valence-electron chi connectivity index (χ0n) is 13.6. The van der Waals surface area contributed by atoms with E-state index in [1.165, 1.54) is 12.0 Å². The molecule has 0 saturated heterocycles. The number of nitrogens with one attached hydrogen (secondary N) is 1. The van der Waals surface area contributed by atoms with Gasteiger partial charge in [0.2, 0.25) is 5.91 Å². The van der Waals surface area contributed by atoms with E-state index in [-0.39, 0.29) is 11.8 Å². The summed E-state index contributed by atoms with van der Waals surface area (Å²) in [5.74, 6) is 0.162. The van der Waals surface area contributed by atoms with Crippen LogP contribution in [-0.4, -0.2) is 37.9 Å². The first-order valence-corrected chi connectivity index (χ1v) is 7.90. The molecule has 1 aromatic carbocycles. The maximum absolute atomic E-state index is 12.6. The summed E-state index contributed by atoms with van der Waals surface area (Å²) < 4.78 is 5.15. The predicted octanol–water partition coefficient (Wildman–Crippen LogP) is 3.25. The van der Waals surface area contributed by atoms with Gasteiger partial charge in [-0.2, -0.15) is 0 Å². The molecule has 0 saturated carbocycles. The Morgan fingerprint density at radius 1 is 1.17 bits per heavy atom. The normalized spacial score (nSPS) is 14.4. The molecular formula is C17H21ClN2O3. The molecule has 6 heteroatoms. The van der Waals surface area contributed by atoms with Crippen molar-refractivity contribution in [3.63, 3.8) is 0 Å². The summed E-state index contributed by atoms with van der Waals surface area (Å²) in [5, 5.41) is 3.31. The highest BCUT2D eigenvalue weighted by molar-refractivity contribution is 6.32. The lowest BCUT2D eigenvalue weighted by Crippen LogP contribution is -2.28. The number of methoxy groups -OCH3 is 1. The van der Waals surface area contributed by atoms with Crippen molar-refractivity contribution in [3.8, 4) is 5.75 Å². The van der Waals surface area contributed by atoms with Gasteiger partial charge in [-0.05, 0) is 37.8 Å². The lowest BCUT2D eigenvalue weighted by atomic mass is 9.90. The Labute approximate surface area is 141 Å². The number of likely N-dealkylation sites (N-methyl/N-ethyl adjacent to an activating group) is 1. The number of ether oxygens (including phenoxy) is 1. The molecule has 1 aliphatic carbocycles. The molecule has 1 N–H and O–H groups in total. The molecule has 0 aromatic heterocycles. The van der Waals surface area contributed by atoms with E-state index < -0.39 is 0 Å². The van der Waals surface area contributed by atoms with E-state index in [4.69, 9.17) is 16.3 Å². The highest BCUT2D eigenvalue weighted by Crippen LogP contribution is 2.30. The monoisotopic (exact) mass is 336 g/mol. The molecule has 0 unspecified atom stereocenters. The Hall–Kier alpha value is -2.01. The quantitative estimate of drug-likeness (QED) is 0.918. The second kappa shape index (κ2) is 7.51. The Balaban J connectivity index is 2.25. The summed E-state index contributed by atoms with van der Waals surface area (Å²) in [6.07, 6.45) is 3.10. The van der Waals surface area contributed by atoms with E-state index in [2.05, 4.69) is 5.32 Å². The highest BCUT2D eigenvalue weighted by atomic mass is 35.5. The number of hydrogen-bond donors (Lipinski definition) is 1. The summed E-state index contributed by atoms with van der Waals surface area (Å²) >= 11 is 5.98. The van der Waals surface area contributed by atoms with Crippen molar-refractivity contribution in [1.29, 1.82) is 0 Å². The number of carbonyl (C=O) groups excluding carboxylic acids is 2. The van der Waals surface area contributed by atoms with Crippen LogP contribution in [0.4, 0.5) is 5.69 Å². The number of nitrogens with zero attached hydrogens (tertiary/aromatic N) is 1. The molecule has 1 aromatic rings. The molecule has 0 atom stereocenters. The fourth-order valence-electron chi connectivity index (χ4n) is 2.61. The van der Waals surface area contributed by atoms with E-state index in [0.29, 0.717) is 40.4 Å². The molecular weight excluding hydrogens is 316 g/mol. The molecule has 1 aliphatic rings. The van der Waals surface area contributed by atoms with Crippen LogP contribution in [0, 0.1) is 0 Å². The summed E-state index contributed by atoms with van der Waals surface area (Å²) in [6.45, 7) is 0. The molecule has 0 fully saturated rings. The van der Waals surface area contributed by atoms with Gasteiger partial charge >= 0.3 is 0 Å². The van der Waals surface area contributed by atoms with E-state index >= 15 is 0 Å². The van der Waals surface area contributed by atoms with Crippen molar-refractivity contribution in [2.24, 2.45) is 0 Å². The topological polar surface area (TPSA) is 58.6 Å². The number of benzene rings is 1. The average Bonchev–Trinajstić information content (AvgIpc) is 2.55. The van der Waals surface area contributed by atoms with Gasteiger partial charge in [-0.3, -0.25) is 9.59 Å². The van der Waals surface area contributed by atoms with Crippen LogP contribution in [-0.2, 0) is 9.59 Å². The Morgan fingerprint density at radius 3 is 2.43 bits per heavy atom. The molecule has 5 nitrogen and oxygen atoms in total. The zero-order valence-corrected chi connectivity index (χ0v) is 14.4. The van der Waals surface area contributed by atoms with E-state index in [1.807, 2.05) is 0 Å². The lowest BCUT2D eigenvalue weighted by Gasteiger charge is -2.22. The Kier molecular flexibility index (Phi) is 5.66. The first kappa shape index (κ1) is 17.3. The highest BCUT2D eigenvalue weighted by Gasteiger charge is 2.25. The maximum Gasteiger partial charge on any atom is 0.252 e. The van der Waals surface area contributed by atoms with Gasteiger partial charge in [0.15, 0.2) is 0 Å². The van der Waals surface area contributed by atoms with Gasteiger partial charge in [0, 0.05) is 37.0 Å². The van der Waals surface area contributed by atoms with Gasteiger partial charge in [0.1, 0.15) is 5.75 Å². The van der Waals surface area contributed by atoms with E-state index in [1.54, 1.807) is 32.3 Å². The van der Waals surface area contributed by atoms with Gasteiger partial charge in [0.25, 0.3) is 5.91 Å². The Morgan fingerprint density at radius 2 is 1.83 bits per heavy atom. The van der Waals surface area contributed by atoms with Gasteiger partial charge in [-0.15, -0.1) is 0 Å². The predicted molar refractivity (Wildman–Crippen MR) is 90.8 cm³/mol. The molecule has 2 rings (SSSR count). The second-order valence-electron chi connectivity index (χ2n) is 5.67. The minimum Gasteiger partial charge on any atom is -0.495 e. The fraction of sp³-hybridized carbons (Fsp3) is 0.412. The summed E-state index contributed by atoms with van der Waals surface area (Å²) in [6, 6.07) is 5.04.